The summed E-state index contributed by atoms with van der Waals surface area (Å²) in [7, 11) is 1.48. The van der Waals surface area contributed by atoms with Crippen molar-refractivity contribution in [3.8, 4) is 0 Å². The topological polar surface area (TPSA) is 113 Å². The first-order valence-corrected chi connectivity index (χ1v) is 20.2. The molecule has 0 aliphatic carbocycles. The first-order valence-electron chi connectivity index (χ1n) is 20.2. The molecule has 11 heteroatoms. The summed E-state index contributed by atoms with van der Waals surface area (Å²) in [6.07, 6.45) is -9.43. The fraction of sp³-hybridized carbons (Fsp3) is 0.375. The van der Waals surface area contributed by atoms with Crippen molar-refractivity contribution in [2.75, 3.05) is 20.3 Å². The van der Waals surface area contributed by atoms with Gasteiger partial charge in [-0.25, -0.2) is 0 Å². The Bertz CT molecular complexity index is 1940. The van der Waals surface area contributed by atoms with Gasteiger partial charge >= 0.3 is 0 Å². The van der Waals surface area contributed by atoms with Crippen LogP contribution in [0.15, 0.2) is 152 Å². The number of ether oxygens (including phenoxy) is 10. The van der Waals surface area contributed by atoms with Crippen molar-refractivity contribution in [1.29, 1.82) is 0 Å². The predicted octanol–water partition coefficient (Wildman–Crippen LogP) is 6.92. The fourth-order valence-corrected chi connectivity index (χ4v) is 7.70. The smallest absolute Gasteiger partial charge is 0.187 e. The van der Waals surface area contributed by atoms with E-state index >= 15 is 0 Å². The summed E-state index contributed by atoms with van der Waals surface area (Å²) in [5, 5.41) is 11.9. The third-order valence-electron chi connectivity index (χ3n) is 10.7. The zero-order valence-corrected chi connectivity index (χ0v) is 33.1. The van der Waals surface area contributed by atoms with Gasteiger partial charge in [-0.2, -0.15) is 0 Å². The third kappa shape index (κ3) is 10.7. The highest BCUT2D eigenvalue weighted by molar-refractivity contribution is 5.18. The van der Waals surface area contributed by atoms with Gasteiger partial charge in [0.2, 0.25) is 0 Å². The Hall–Kier alpha value is -4.34. The molecule has 59 heavy (non-hydrogen) atoms. The van der Waals surface area contributed by atoms with E-state index in [2.05, 4.69) is 0 Å². The van der Waals surface area contributed by atoms with Gasteiger partial charge in [0.1, 0.15) is 48.8 Å². The number of aliphatic hydroxyl groups is 1. The molecule has 0 spiro atoms. The van der Waals surface area contributed by atoms with Crippen LogP contribution in [-0.2, 0) is 73.8 Å². The van der Waals surface area contributed by atoms with Gasteiger partial charge in [-0.05, 0) is 22.3 Å². The van der Waals surface area contributed by atoms with Gasteiger partial charge in [0.05, 0.1) is 39.6 Å². The first-order chi connectivity index (χ1) is 29.1. The lowest BCUT2D eigenvalue weighted by atomic mass is 9.95. The van der Waals surface area contributed by atoms with E-state index in [4.69, 9.17) is 47.4 Å². The molecule has 5 aromatic carbocycles. The van der Waals surface area contributed by atoms with Gasteiger partial charge in [-0.15, -0.1) is 0 Å². The van der Waals surface area contributed by atoms with E-state index in [0.29, 0.717) is 13.2 Å². The number of fused-ring (bicyclic) bond motifs is 1. The van der Waals surface area contributed by atoms with Gasteiger partial charge in [0, 0.05) is 12.7 Å². The van der Waals surface area contributed by atoms with E-state index < -0.39 is 67.7 Å². The quantitative estimate of drug-likeness (QED) is 0.106. The van der Waals surface area contributed by atoms with Crippen LogP contribution >= 0.6 is 0 Å². The summed E-state index contributed by atoms with van der Waals surface area (Å²) in [5.41, 5.74) is 4.77. The molecule has 11 nitrogen and oxygen atoms in total. The van der Waals surface area contributed by atoms with E-state index in [-0.39, 0.29) is 26.4 Å². The molecule has 3 fully saturated rings. The van der Waals surface area contributed by atoms with Crippen molar-refractivity contribution in [3.63, 3.8) is 0 Å². The minimum atomic E-state index is -1.27. The third-order valence-corrected chi connectivity index (χ3v) is 10.7. The van der Waals surface area contributed by atoms with Crippen LogP contribution in [0.1, 0.15) is 34.1 Å². The van der Waals surface area contributed by atoms with Gasteiger partial charge < -0.3 is 52.5 Å². The zero-order chi connectivity index (χ0) is 40.2. The molecule has 3 saturated heterocycles. The summed E-state index contributed by atoms with van der Waals surface area (Å²) in [6.45, 7) is 1.47. The molecule has 8 rings (SSSR count). The van der Waals surface area contributed by atoms with Crippen LogP contribution in [0.4, 0.5) is 0 Å². The monoisotopic (exact) mass is 804 g/mol. The number of aliphatic hydroxyl groups excluding tert-OH is 1. The molecular formula is C48H52O11. The molecule has 310 valence electrons. The first kappa shape index (κ1) is 41.4. The Kier molecular flexibility index (Phi) is 14.6. The molecule has 3 aliphatic rings. The standard InChI is InChI=1S/C48H52O11/c1-50-47-40(49)43(42-39(56-47)32-55-46(58-42)37-25-15-6-16-26-37)59-48-45(54-30-36-23-13-5-14-24-36)44(53-29-35-21-11-4-12-22-35)41(52-28-34-19-9-3-10-20-34)38(57-48)31-51-27-33-17-7-2-8-18-33/h2-26,38-49H,27-32H2,1H3/t38-,39-,40-,41-,42-,43-,44+,45-,46?,47-,48-/m1/s1. The van der Waals surface area contributed by atoms with Crippen LogP contribution < -0.4 is 0 Å². The second-order valence-corrected chi connectivity index (χ2v) is 14.9. The van der Waals surface area contributed by atoms with E-state index in [9.17, 15) is 5.11 Å². The summed E-state index contributed by atoms with van der Waals surface area (Å²) in [6, 6.07) is 49.4. The van der Waals surface area contributed by atoms with Crippen molar-refractivity contribution < 1.29 is 52.5 Å². The van der Waals surface area contributed by atoms with Crippen LogP contribution in [0.3, 0.4) is 0 Å². The SMILES string of the molecule is CO[C@@H]1O[C@@H]2COC(c3ccccc3)O[C@H]2[C@H](O[C@H]2O[C@H](COCc3ccccc3)[C@@H](OCc3ccccc3)[C@H](OCc3ccccc3)[C@H]2OCc2ccccc2)[C@H]1O. The van der Waals surface area contributed by atoms with E-state index in [0.717, 1.165) is 27.8 Å². The molecule has 1 N–H and O–H groups in total. The summed E-state index contributed by atoms with van der Waals surface area (Å²) in [5.74, 6) is 0. The Labute approximate surface area is 345 Å². The summed E-state index contributed by atoms with van der Waals surface area (Å²) < 4.78 is 65.4. The summed E-state index contributed by atoms with van der Waals surface area (Å²) in [4.78, 5) is 0. The molecule has 0 bridgehead atoms. The lowest BCUT2D eigenvalue weighted by Crippen LogP contribution is -2.67. The average molecular weight is 805 g/mol. The number of hydrogen-bond acceptors (Lipinski definition) is 11. The minimum Gasteiger partial charge on any atom is -0.385 e. The summed E-state index contributed by atoms with van der Waals surface area (Å²) >= 11 is 0. The Morgan fingerprint density at radius 1 is 0.525 bits per heavy atom. The molecule has 0 aromatic heterocycles. The Morgan fingerprint density at radius 3 is 1.56 bits per heavy atom. The van der Waals surface area contributed by atoms with Gasteiger partial charge in [0.15, 0.2) is 18.9 Å². The second kappa shape index (κ2) is 20.8. The van der Waals surface area contributed by atoms with Crippen molar-refractivity contribution in [3.05, 3.63) is 179 Å². The fourth-order valence-electron chi connectivity index (χ4n) is 7.70. The van der Waals surface area contributed by atoms with Crippen molar-refractivity contribution in [2.45, 2.75) is 94.1 Å². The molecular weight excluding hydrogens is 753 g/mol. The predicted molar refractivity (Wildman–Crippen MR) is 216 cm³/mol. The molecule has 11 atom stereocenters. The molecule has 3 heterocycles. The molecule has 0 amide bonds. The van der Waals surface area contributed by atoms with Crippen molar-refractivity contribution in [1.82, 2.24) is 0 Å². The van der Waals surface area contributed by atoms with Crippen LogP contribution in [-0.4, -0.2) is 86.8 Å². The van der Waals surface area contributed by atoms with E-state index in [1.165, 1.54) is 7.11 Å². The van der Waals surface area contributed by atoms with Crippen LogP contribution in [0.5, 0.6) is 0 Å². The molecule has 1 unspecified atom stereocenters. The maximum Gasteiger partial charge on any atom is 0.187 e. The molecule has 3 aliphatic heterocycles. The van der Waals surface area contributed by atoms with Crippen molar-refractivity contribution in [2.24, 2.45) is 0 Å². The van der Waals surface area contributed by atoms with Crippen LogP contribution in [0, 0.1) is 0 Å². The van der Waals surface area contributed by atoms with Gasteiger partial charge in [-0.1, -0.05) is 152 Å². The number of benzene rings is 5. The maximum absolute atomic E-state index is 11.9. The molecule has 0 radical (unpaired) electrons. The average Bonchev–Trinajstić information content (AvgIpc) is 3.29. The van der Waals surface area contributed by atoms with Crippen LogP contribution in [0.25, 0.3) is 0 Å². The zero-order valence-electron chi connectivity index (χ0n) is 33.1. The van der Waals surface area contributed by atoms with Crippen molar-refractivity contribution >= 4 is 0 Å². The van der Waals surface area contributed by atoms with Gasteiger partial charge in [0.25, 0.3) is 0 Å². The second-order valence-electron chi connectivity index (χ2n) is 14.9. The Morgan fingerprint density at radius 2 is 1.02 bits per heavy atom. The normalized spacial score (nSPS) is 29.4. The van der Waals surface area contributed by atoms with Crippen LogP contribution in [0.2, 0.25) is 0 Å². The highest BCUT2D eigenvalue weighted by Crippen LogP contribution is 2.39. The lowest BCUT2D eigenvalue weighted by molar-refractivity contribution is -0.396. The Balaban J connectivity index is 1.14. The van der Waals surface area contributed by atoms with Gasteiger partial charge in [-0.3, -0.25) is 0 Å². The maximum atomic E-state index is 11.9. The number of hydrogen-bond donors (Lipinski definition) is 1. The highest BCUT2D eigenvalue weighted by atomic mass is 16.8. The van der Waals surface area contributed by atoms with E-state index in [1.54, 1.807) is 0 Å². The molecule has 5 aromatic rings. The lowest BCUT2D eigenvalue weighted by Gasteiger charge is -2.51. The molecule has 0 saturated carbocycles. The number of methoxy groups -OCH3 is 1. The largest absolute Gasteiger partial charge is 0.385 e. The van der Waals surface area contributed by atoms with E-state index in [1.807, 2.05) is 152 Å². The minimum absolute atomic E-state index is 0.147. The highest BCUT2D eigenvalue weighted by Gasteiger charge is 2.55. The number of rotatable bonds is 17.